The lowest BCUT2D eigenvalue weighted by Gasteiger charge is -2.01. The molecule has 0 aliphatic carbocycles. The molecule has 1 amide bonds. The summed E-state index contributed by atoms with van der Waals surface area (Å²) in [7, 11) is 0. The van der Waals surface area contributed by atoms with Crippen molar-refractivity contribution >= 4 is 23.1 Å². The van der Waals surface area contributed by atoms with Crippen molar-refractivity contribution < 1.29 is 9.21 Å². The number of furan rings is 1. The van der Waals surface area contributed by atoms with Crippen molar-refractivity contribution in [2.45, 2.75) is 13.8 Å². The van der Waals surface area contributed by atoms with Crippen molar-refractivity contribution in [2.24, 2.45) is 0 Å². The Bertz CT molecular complexity index is 774. The second kappa shape index (κ2) is 5.49. The molecule has 3 rings (SSSR count). The Morgan fingerprint density at radius 3 is 2.76 bits per heavy atom. The maximum Gasteiger partial charge on any atom is 0.276 e. The van der Waals surface area contributed by atoms with Gasteiger partial charge in [0, 0.05) is 11.6 Å². The van der Waals surface area contributed by atoms with E-state index < -0.39 is 0 Å². The number of hydrogen-bond donors (Lipinski definition) is 1. The molecule has 0 saturated heterocycles. The predicted octanol–water partition coefficient (Wildman–Crippen LogP) is 3.67. The van der Waals surface area contributed by atoms with Gasteiger partial charge >= 0.3 is 0 Å². The van der Waals surface area contributed by atoms with Gasteiger partial charge < -0.3 is 9.73 Å². The van der Waals surface area contributed by atoms with Crippen molar-refractivity contribution in [1.82, 2.24) is 9.97 Å². The smallest absolute Gasteiger partial charge is 0.276 e. The van der Waals surface area contributed by atoms with Gasteiger partial charge in [0.2, 0.25) is 0 Å². The molecule has 0 atom stereocenters. The molecule has 106 valence electrons. The molecule has 0 aliphatic rings. The summed E-state index contributed by atoms with van der Waals surface area (Å²) in [6.07, 6.45) is 1.70. The van der Waals surface area contributed by atoms with Gasteiger partial charge in [0.25, 0.3) is 5.91 Å². The second-order valence-corrected chi connectivity index (χ2v) is 5.48. The minimum atomic E-state index is -0.280. The number of amides is 1. The fourth-order valence-electron chi connectivity index (χ4n) is 1.76. The van der Waals surface area contributed by atoms with Crippen LogP contribution in [0.15, 0.2) is 40.3 Å². The largest absolute Gasteiger partial charge is 0.459 e. The van der Waals surface area contributed by atoms with E-state index in [1.165, 1.54) is 11.3 Å². The molecule has 0 radical (unpaired) electrons. The number of rotatable bonds is 3. The minimum absolute atomic E-state index is 0.280. The van der Waals surface area contributed by atoms with Crippen LogP contribution >= 0.6 is 11.3 Å². The predicted molar refractivity (Wildman–Crippen MR) is 81.5 cm³/mol. The number of carbonyl (C=O) groups excluding carboxylic acids is 1. The van der Waals surface area contributed by atoms with E-state index in [-0.39, 0.29) is 5.91 Å². The second-order valence-electron chi connectivity index (χ2n) is 4.62. The van der Waals surface area contributed by atoms with Crippen molar-refractivity contribution in [2.75, 3.05) is 5.32 Å². The fraction of sp³-hybridized carbons (Fsp3) is 0.133. The van der Waals surface area contributed by atoms with Gasteiger partial charge in [-0.3, -0.25) is 4.79 Å². The molecule has 21 heavy (non-hydrogen) atoms. The van der Waals surface area contributed by atoms with Crippen LogP contribution in [0.3, 0.4) is 0 Å². The first-order valence-corrected chi connectivity index (χ1v) is 7.26. The first-order chi connectivity index (χ1) is 10.1. The van der Waals surface area contributed by atoms with E-state index in [4.69, 9.17) is 4.42 Å². The molecule has 0 spiro atoms. The number of hydrogen-bond acceptors (Lipinski definition) is 5. The molecule has 3 heterocycles. The summed E-state index contributed by atoms with van der Waals surface area (Å²) in [6, 6.07) is 7.36. The van der Waals surface area contributed by atoms with Crippen LogP contribution in [0.4, 0.5) is 5.82 Å². The zero-order valence-corrected chi connectivity index (χ0v) is 12.4. The van der Waals surface area contributed by atoms with Crippen LogP contribution in [-0.2, 0) is 0 Å². The topological polar surface area (TPSA) is 68.0 Å². The van der Waals surface area contributed by atoms with Crippen molar-refractivity contribution in [3.63, 3.8) is 0 Å². The Labute approximate surface area is 125 Å². The molecule has 0 bridgehead atoms. The Balaban J connectivity index is 1.76. The average Bonchev–Trinajstić information content (AvgIpc) is 3.10. The molecular weight excluding hydrogens is 286 g/mol. The summed E-state index contributed by atoms with van der Waals surface area (Å²) < 4.78 is 5.50. The van der Waals surface area contributed by atoms with E-state index in [0.717, 1.165) is 11.3 Å². The number of nitrogens with one attached hydrogen (secondary N) is 1. The van der Waals surface area contributed by atoms with Gasteiger partial charge in [0.1, 0.15) is 17.3 Å². The van der Waals surface area contributed by atoms with Crippen LogP contribution in [0.5, 0.6) is 0 Å². The third-order valence-electron chi connectivity index (χ3n) is 2.84. The minimum Gasteiger partial charge on any atom is -0.459 e. The molecule has 0 fully saturated rings. The Hall–Kier alpha value is -2.47. The quantitative estimate of drug-likeness (QED) is 0.801. The van der Waals surface area contributed by atoms with Crippen LogP contribution in [-0.4, -0.2) is 15.9 Å². The van der Waals surface area contributed by atoms with Gasteiger partial charge in [-0.1, -0.05) is 6.07 Å². The number of thiazole rings is 1. The van der Waals surface area contributed by atoms with Gasteiger partial charge in [-0.2, -0.15) is 0 Å². The van der Waals surface area contributed by atoms with Gasteiger partial charge in [-0.25, -0.2) is 9.97 Å². The molecular formula is C15H13N3O2S. The molecule has 0 aliphatic heterocycles. The number of anilines is 1. The van der Waals surface area contributed by atoms with Crippen LogP contribution in [0.25, 0.3) is 10.8 Å². The fourth-order valence-corrected chi connectivity index (χ4v) is 2.52. The maximum atomic E-state index is 12.1. The third-order valence-corrected chi connectivity index (χ3v) is 3.70. The summed E-state index contributed by atoms with van der Waals surface area (Å²) in [5.41, 5.74) is 1.39. The van der Waals surface area contributed by atoms with E-state index in [2.05, 4.69) is 15.3 Å². The zero-order valence-electron chi connectivity index (χ0n) is 11.6. The average molecular weight is 299 g/mol. The molecule has 0 aromatic carbocycles. The van der Waals surface area contributed by atoms with Gasteiger partial charge in [0.15, 0.2) is 10.8 Å². The summed E-state index contributed by atoms with van der Waals surface area (Å²) in [5, 5.41) is 5.11. The van der Waals surface area contributed by atoms with Crippen LogP contribution in [0.2, 0.25) is 0 Å². The van der Waals surface area contributed by atoms with E-state index in [1.54, 1.807) is 17.6 Å². The van der Waals surface area contributed by atoms with Crippen molar-refractivity contribution in [1.29, 1.82) is 0 Å². The molecule has 5 nitrogen and oxygen atoms in total. The van der Waals surface area contributed by atoms with Gasteiger partial charge in [-0.05, 0) is 37.6 Å². The van der Waals surface area contributed by atoms with Gasteiger partial charge in [0.05, 0.1) is 0 Å². The third kappa shape index (κ3) is 3.00. The SMILES string of the molecule is Cc1ccc(NC(=O)c2csc(-c3ccc(C)o3)n2)nc1. The molecule has 6 heteroatoms. The highest BCUT2D eigenvalue weighted by Gasteiger charge is 2.14. The first kappa shape index (κ1) is 13.5. The van der Waals surface area contributed by atoms with Crippen LogP contribution in [0, 0.1) is 13.8 Å². The first-order valence-electron chi connectivity index (χ1n) is 6.38. The Kier molecular flexibility index (Phi) is 3.53. The highest BCUT2D eigenvalue weighted by atomic mass is 32.1. The van der Waals surface area contributed by atoms with Crippen LogP contribution in [0.1, 0.15) is 21.8 Å². The summed E-state index contributed by atoms with van der Waals surface area (Å²) in [6.45, 7) is 3.81. The molecule has 0 saturated carbocycles. The number of aromatic nitrogens is 2. The van der Waals surface area contributed by atoms with Crippen molar-refractivity contribution in [3.8, 4) is 10.8 Å². The van der Waals surface area contributed by atoms with E-state index in [1.807, 2.05) is 32.0 Å². The zero-order chi connectivity index (χ0) is 14.8. The standard InChI is InChI=1S/C15H13N3O2S/c1-9-3-6-13(16-7-9)18-14(19)11-8-21-15(17-11)12-5-4-10(2)20-12/h3-8H,1-2H3,(H,16,18,19). The number of nitrogens with zero attached hydrogens (tertiary/aromatic N) is 2. The maximum absolute atomic E-state index is 12.1. The highest BCUT2D eigenvalue weighted by molar-refractivity contribution is 7.13. The van der Waals surface area contributed by atoms with Gasteiger partial charge in [-0.15, -0.1) is 11.3 Å². The molecule has 1 N–H and O–H groups in total. The Morgan fingerprint density at radius 1 is 1.24 bits per heavy atom. The molecule has 3 aromatic heterocycles. The van der Waals surface area contributed by atoms with E-state index in [0.29, 0.717) is 22.3 Å². The molecule has 3 aromatic rings. The lowest BCUT2D eigenvalue weighted by Crippen LogP contribution is -2.13. The Morgan fingerprint density at radius 2 is 2.10 bits per heavy atom. The summed E-state index contributed by atoms with van der Waals surface area (Å²) >= 11 is 1.37. The van der Waals surface area contributed by atoms with Crippen LogP contribution < -0.4 is 5.32 Å². The molecule has 0 unspecified atom stereocenters. The number of carbonyl (C=O) groups is 1. The lowest BCUT2D eigenvalue weighted by molar-refractivity contribution is 0.102. The van der Waals surface area contributed by atoms with E-state index in [9.17, 15) is 4.79 Å². The number of aryl methyl sites for hydroxylation is 2. The summed E-state index contributed by atoms with van der Waals surface area (Å²) in [5.74, 6) is 1.71. The highest BCUT2D eigenvalue weighted by Crippen LogP contribution is 2.25. The summed E-state index contributed by atoms with van der Waals surface area (Å²) in [4.78, 5) is 20.5. The lowest BCUT2D eigenvalue weighted by atomic mass is 10.3. The number of pyridine rings is 1. The normalized spacial score (nSPS) is 10.6. The monoisotopic (exact) mass is 299 g/mol. The van der Waals surface area contributed by atoms with E-state index >= 15 is 0 Å². The van der Waals surface area contributed by atoms with Crippen molar-refractivity contribution in [3.05, 3.63) is 52.9 Å².